The van der Waals surface area contributed by atoms with Crippen LogP contribution >= 0.6 is 0 Å². The quantitative estimate of drug-likeness (QED) is 0.600. The molecule has 0 aromatic heterocycles. The normalized spacial score (nSPS) is 12.5. The summed E-state index contributed by atoms with van der Waals surface area (Å²) in [7, 11) is 0. The maximum atomic E-state index is 12.5. The molecule has 0 saturated carbocycles. The summed E-state index contributed by atoms with van der Waals surface area (Å²) in [5.41, 5.74) is 0.611. The summed E-state index contributed by atoms with van der Waals surface area (Å²) < 4.78 is 12.5. The van der Waals surface area contributed by atoms with Crippen LogP contribution in [0.2, 0.25) is 0 Å². The van der Waals surface area contributed by atoms with Gasteiger partial charge in [-0.3, -0.25) is 0 Å². The molecule has 0 saturated heterocycles. The lowest BCUT2D eigenvalue weighted by Crippen LogP contribution is -1.88. The van der Waals surface area contributed by atoms with Crippen LogP contribution < -0.4 is 0 Å². The molecular weight excluding hydrogens is 145 g/mol. The second-order valence-electron chi connectivity index (χ2n) is 2.34. The first-order valence-electron chi connectivity index (χ1n) is 3.32. The minimum Gasteiger partial charge on any atom is -0.207 e. The van der Waals surface area contributed by atoms with Crippen LogP contribution in [0.4, 0.5) is 4.39 Å². The van der Waals surface area contributed by atoms with E-state index in [0.717, 1.165) is 0 Å². The van der Waals surface area contributed by atoms with Crippen molar-refractivity contribution in [3.8, 4) is 0 Å². The van der Waals surface area contributed by atoms with Gasteiger partial charge >= 0.3 is 0 Å². The molecule has 0 N–H and O–H groups in total. The number of halogens is 1. The van der Waals surface area contributed by atoms with Gasteiger partial charge in [0.1, 0.15) is 11.9 Å². The Kier molecular flexibility index (Phi) is 2.31. The van der Waals surface area contributed by atoms with Gasteiger partial charge < -0.3 is 0 Å². The van der Waals surface area contributed by atoms with Crippen molar-refractivity contribution >= 4 is 0 Å². The molecule has 1 atom stereocenters. The fraction of sp³-hybridized carbons (Fsp3) is 0.250. The monoisotopic (exact) mass is 153 g/mol. The third kappa shape index (κ3) is 1.83. The third-order valence-corrected chi connectivity index (χ3v) is 1.49. The lowest BCUT2D eigenvalue weighted by Gasteiger charge is -2.00. The van der Waals surface area contributed by atoms with E-state index in [2.05, 4.69) is 5.18 Å². The number of rotatable bonds is 2. The first-order valence-corrected chi connectivity index (χ1v) is 3.32. The van der Waals surface area contributed by atoms with E-state index in [9.17, 15) is 9.30 Å². The zero-order chi connectivity index (χ0) is 8.27. The zero-order valence-electron chi connectivity index (χ0n) is 6.12. The van der Waals surface area contributed by atoms with Crippen molar-refractivity contribution in [1.82, 2.24) is 0 Å². The molecule has 0 radical (unpaired) electrons. The van der Waals surface area contributed by atoms with E-state index in [4.69, 9.17) is 0 Å². The summed E-state index contributed by atoms with van der Waals surface area (Å²) in [5.74, 6) is -0.335. The number of hydrogen-bond acceptors (Lipinski definition) is 2. The van der Waals surface area contributed by atoms with Gasteiger partial charge in [-0.15, -0.1) is 0 Å². The summed E-state index contributed by atoms with van der Waals surface area (Å²) in [6.07, 6.45) is 0. The molecule has 0 heterocycles. The lowest BCUT2D eigenvalue weighted by atomic mass is 10.1. The maximum absolute atomic E-state index is 12.5. The maximum Gasteiger partial charge on any atom is 0.123 e. The van der Waals surface area contributed by atoms with E-state index in [0.29, 0.717) is 5.56 Å². The van der Waals surface area contributed by atoms with Crippen molar-refractivity contribution in [2.24, 2.45) is 5.18 Å². The fourth-order valence-corrected chi connectivity index (χ4v) is 0.827. The van der Waals surface area contributed by atoms with Crippen molar-refractivity contribution < 1.29 is 4.39 Å². The molecule has 0 bridgehead atoms. The molecule has 11 heavy (non-hydrogen) atoms. The fourth-order valence-electron chi connectivity index (χ4n) is 0.827. The molecule has 1 aromatic carbocycles. The first-order chi connectivity index (χ1) is 5.24. The number of hydrogen-bond donors (Lipinski definition) is 0. The van der Waals surface area contributed by atoms with Crippen molar-refractivity contribution in [2.45, 2.75) is 13.0 Å². The molecule has 0 aliphatic carbocycles. The van der Waals surface area contributed by atoms with Crippen LogP contribution in [-0.2, 0) is 0 Å². The van der Waals surface area contributed by atoms with E-state index in [1.807, 2.05) is 0 Å². The minimum absolute atomic E-state index is 0.335. The molecule has 0 fully saturated rings. The van der Waals surface area contributed by atoms with E-state index in [1.165, 1.54) is 12.1 Å². The van der Waals surface area contributed by atoms with Gasteiger partial charge in [-0.25, -0.2) is 4.39 Å². The van der Waals surface area contributed by atoms with Crippen LogP contribution in [-0.4, -0.2) is 0 Å². The predicted octanol–water partition coefficient (Wildman–Crippen LogP) is 2.65. The zero-order valence-corrected chi connectivity index (χ0v) is 6.12. The van der Waals surface area contributed by atoms with E-state index >= 15 is 0 Å². The Morgan fingerprint density at radius 3 is 2.82 bits per heavy atom. The van der Waals surface area contributed by atoms with Gasteiger partial charge in [0, 0.05) is 0 Å². The molecular formula is C8H8FNO. The number of benzene rings is 1. The van der Waals surface area contributed by atoms with Crippen LogP contribution in [0.5, 0.6) is 0 Å². The topological polar surface area (TPSA) is 29.4 Å². The van der Waals surface area contributed by atoms with Crippen LogP contribution in [0.1, 0.15) is 18.5 Å². The molecule has 3 heteroatoms. The smallest absolute Gasteiger partial charge is 0.123 e. The Bertz CT molecular complexity index is 262. The van der Waals surface area contributed by atoms with Gasteiger partial charge in [0.05, 0.1) is 0 Å². The molecule has 0 unspecified atom stereocenters. The average Bonchev–Trinajstić information content (AvgIpc) is 2.03. The second kappa shape index (κ2) is 3.23. The molecule has 58 valence electrons. The highest BCUT2D eigenvalue weighted by molar-refractivity contribution is 5.19. The Labute approximate surface area is 64.0 Å². The second-order valence-corrected chi connectivity index (χ2v) is 2.34. The Morgan fingerprint density at radius 1 is 1.55 bits per heavy atom. The first kappa shape index (κ1) is 7.85. The number of nitrogens with zero attached hydrogens (tertiary/aromatic N) is 1. The summed E-state index contributed by atoms with van der Waals surface area (Å²) in [4.78, 5) is 10.0. The van der Waals surface area contributed by atoms with Crippen LogP contribution in [0, 0.1) is 10.7 Å². The van der Waals surface area contributed by atoms with Crippen molar-refractivity contribution in [3.05, 3.63) is 40.6 Å². The Morgan fingerprint density at radius 2 is 2.27 bits per heavy atom. The van der Waals surface area contributed by atoms with E-state index < -0.39 is 6.04 Å². The van der Waals surface area contributed by atoms with Crippen molar-refractivity contribution in [1.29, 1.82) is 0 Å². The lowest BCUT2D eigenvalue weighted by molar-refractivity contribution is 0.622. The predicted molar refractivity (Wildman–Crippen MR) is 40.6 cm³/mol. The SMILES string of the molecule is C[C@@H](N=O)c1cccc(F)c1. The highest BCUT2D eigenvalue weighted by Crippen LogP contribution is 2.16. The van der Waals surface area contributed by atoms with Crippen molar-refractivity contribution in [3.63, 3.8) is 0 Å². The summed E-state index contributed by atoms with van der Waals surface area (Å²) >= 11 is 0. The van der Waals surface area contributed by atoms with Crippen LogP contribution in [0.25, 0.3) is 0 Å². The summed E-state index contributed by atoms with van der Waals surface area (Å²) in [5, 5.41) is 2.78. The van der Waals surface area contributed by atoms with Gasteiger partial charge in [0.15, 0.2) is 0 Å². The standard InChI is InChI=1S/C8H8FNO/c1-6(10-11)7-3-2-4-8(9)5-7/h2-6H,1H3/t6-/m1/s1. The molecule has 0 spiro atoms. The Hall–Kier alpha value is -1.25. The number of nitroso groups, excluding NO2 is 1. The molecule has 0 amide bonds. The molecule has 0 aliphatic heterocycles. The summed E-state index contributed by atoms with van der Waals surface area (Å²) in [6, 6.07) is 5.42. The van der Waals surface area contributed by atoms with Gasteiger partial charge in [-0.1, -0.05) is 17.3 Å². The minimum atomic E-state index is -0.467. The third-order valence-electron chi connectivity index (χ3n) is 1.49. The molecule has 1 aromatic rings. The highest BCUT2D eigenvalue weighted by Gasteiger charge is 2.04. The van der Waals surface area contributed by atoms with Gasteiger partial charge in [-0.2, -0.15) is 4.91 Å². The van der Waals surface area contributed by atoms with Crippen LogP contribution in [0.3, 0.4) is 0 Å². The highest BCUT2D eigenvalue weighted by atomic mass is 19.1. The van der Waals surface area contributed by atoms with Gasteiger partial charge in [0.25, 0.3) is 0 Å². The molecule has 2 nitrogen and oxygen atoms in total. The molecule has 1 rings (SSSR count). The van der Waals surface area contributed by atoms with E-state index in [1.54, 1.807) is 19.1 Å². The van der Waals surface area contributed by atoms with Crippen LogP contribution in [0.15, 0.2) is 29.4 Å². The average molecular weight is 153 g/mol. The Balaban J connectivity index is 2.95. The molecule has 0 aliphatic rings. The van der Waals surface area contributed by atoms with Gasteiger partial charge in [0.2, 0.25) is 0 Å². The van der Waals surface area contributed by atoms with Crippen molar-refractivity contribution in [2.75, 3.05) is 0 Å². The largest absolute Gasteiger partial charge is 0.207 e. The van der Waals surface area contributed by atoms with E-state index in [-0.39, 0.29) is 5.82 Å². The van der Waals surface area contributed by atoms with Gasteiger partial charge in [-0.05, 0) is 24.6 Å². The summed E-state index contributed by atoms with van der Waals surface area (Å²) in [6.45, 7) is 1.63.